The molecule has 0 amide bonds. The number of nitrogens with zero attached hydrogens (tertiary/aromatic N) is 2. The van der Waals surface area contributed by atoms with Crippen molar-refractivity contribution in [2.24, 2.45) is 0 Å². The van der Waals surface area contributed by atoms with E-state index in [1.807, 2.05) is 0 Å². The van der Waals surface area contributed by atoms with Crippen LogP contribution in [0, 0.1) is 6.92 Å². The molecule has 0 fully saturated rings. The second-order valence-corrected chi connectivity index (χ2v) is 8.18. The van der Waals surface area contributed by atoms with E-state index in [9.17, 15) is 0 Å². The van der Waals surface area contributed by atoms with Crippen LogP contribution in [0.1, 0.15) is 37.8 Å². The fourth-order valence-electron chi connectivity index (χ4n) is 1.96. The number of nitrogens with one attached hydrogen (secondary N) is 1. The molecule has 2 aromatic rings. The summed E-state index contributed by atoms with van der Waals surface area (Å²) in [5.74, 6) is 0. The number of benzene rings is 1. The van der Waals surface area contributed by atoms with E-state index < -0.39 is 0 Å². The molecule has 0 atom stereocenters. The summed E-state index contributed by atoms with van der Waals surface area (Å²) < 4.78 is 1.08. The Morgan fingerprint density at radius 2 is 2.00 bits per heavy atom. The van der Waals surface area contributed by atoms with Crippen LogP contribution in [0.25, 0.3) is 10.6 Å². The Balaban J connectivity index is 1.95. The molecule has 1 heterocycles. The molecule has 0 saturated heterocycles. The van der Waals surface area contributed by atoms with Gasteiger partial charge in [0, 0.05) is 22.0 Å². The first-order valence-corrected chi connectivity index (χ1v) is 8.80. The van der Waals surface area contributed by atoms with Gasteiger partial charge in [0.25, 0.3) is 0 Å². The van der Waals surface area contributed by atoms with Gasteiger partial charge >= 0.3 is 0 Å². The summed E-state index contributed by atoms with van der Waals surface area (Å²) in [5, 5.41) is 14.2. The van der Waals surface area contributed by atoms with Crippen molar-refractivity contribution < 1.29 is 0 Å². The van der Waals surface area contributed by atoms with E-state index in [1.54, 1.807) is 11.3 Å². The highest BCUT2D eigenvalue weighted by Gasteiger charge is 2.11. The third-order valence-electron chi connectivity index (χ3n) is 3.04. The molecule has 0 aliphatic carbocycles. The Labute approximate surface area is 139 Å². The SMILES string of the molecule is Cc1ccc(-c2nnc(CCCNC(C)(C)C)s2)c(Br)c1. The molecular formula is C16H22BrN3S. The first kappa shape index (κ1) is 16.6. The molecule has 1 aromatic carbocycles. The largest absolute Gasteiger partial charge is 0.312 e. The average molecular weight is 368 g/mol. The van der Waals surface area contributed by atoms with Gasteiger partial charge in [-0.1, -0.05) is 39.4 Å². The summed E-state index contributed by atoms with van der Waals surface area (Å²) in [6, 6.07) is 6.32. The van der Waals surface area contributed by atoms with Crippen molar-refractivity contribution in [1.82, 2.24) is 15.5 Å². The van der Waals surface area contributed by atoms with E-state index in [0.717, 1.165) is 39.4 Å². The van der Waals surface area contributed by atoms with Crippen LogP contribution in [0.4, 0.5) is 0 Å². The normalized spacial score (nSPS) is 11.9. The highest BCUT2D eigenvalue weighted by molar-refractivity contribution is 9.10. The molecule has 3 nitrogen and oxygen atoms in total. The van der Waals surface area contributed by atoms with E-state index in [2.05, 4.69) is 77.3 Å². The van der Waals surface area contributed by atoms with Crippen LogP contribution >= 0.6 is 27.3 Å². The second kappa shape index (κ2) is 6.99. The Kier molecular flexibility index (Phi) is 5.52. The van der Waals surface area contributed by atoms with Gasteiger partial charge < -0.3 is 5.32 Å². The van der Waals surface area contributed by atoms with E-state index in [1.165, 1.54) is 5.56 Å². The lowest BCUT2D eigenvalue weighted by Gasteiger charge is -2.20. The summed E-state index contributed by atoms with van der Waals surface area (Å²) >= 11 is 5.29. The van der Waals surface area contributed by atoms with Crippen LogP contribution in [0.2, 0.25) is 0 Å². The lowest BCUT2D eigenvalue weighted by Crippen LogP contribution is -2.36. The van der Waals surface area contributed by atoms with Gasteiger partial charge in [0.2, 0.25) is 0 Å². The number of aryl methyl sites for hydroxylation is 2. The lowest BCUT2D eigenvalue weighted by molar-refractivity contribution is 0.422. The zero-order valence-corrected chi connectivity index (χ0v) is 15.4. The number of rotatable bonds is 5. The highest BCUT2D eigenvalue weighted by Crippen LogP contribution is 2.31. The number of halogens is 1. The van der Waals surface area contributed by atoms with Crippen molar-refractivity contribution in [2.45, 2.75) is 46.1 Å². The molecule has 0 saturated carbocycles. The van der Waals surface area contributed by atoms with Crippen molar-refractivity contribution >= 4 is 27.3 Å². The first-order valence-electron chi connectivity index (χ1n) is 7.19. The maximum Gasteiger partial charge on any atom is 0.148 e. The van der Waals surface area contributed by atoms with Gasteiger partial charge in [0.15, 0.2) is 0 Å². The summed E-state index contributed by atoms with van der Waals surface area (Å²) in [6.07, 6.45) is 2.06. The van der Waals surface area contributed by atoms with Crippen LogP contribution < -0.4 is 5.32 Å². The fourth-order valence-corrected chi connectivity index (χ4v) is 3.69. The Morgan fingerprint density at radius 3 is 2.67 bits per heavy atom. The predicted octanol–water partition coefficient (Wildman–Crippen LogP) is 4.60. The Bertz CT molecular complexity index is 602. The molecule has 114 valence electrons. The zero-order chi connectivity index (χ0) is 15.5. The molecule has 5 heteroatoms. The molecule has 0 bridgehead atoms. The van der Waals surface area contributed by atoms with Crippen LogP contribution in [0.5, 0.6) is 0 Å². The minimum Gasteiger partial charge on any atom is -0.312 e. The molecule has 21 heavy (non-hydrogen) atoms. The molecule has 2 rings (SSSR count). The molecular weight excluding hydrogens is 346 g/mol. The van der Waals surface area contributed by atoms with E-state index in [-0.39, 0.29) is 5.54 Å². The predicted molar refractivity (Wildman–Crippen MR) is 93.9 cm³/mol. The Hall–Kier alpha value is -0.780. The van der Waals surface area contributed by atoms with Crippen molar-refractivity contribution in [3.8, 4) is 10.6 Å². The molecule has 0 radical (unpaired) electrons. The third-order valence-corrected chi connectivity index (χ3v) is 4.72. The maximum atomic E-state index is 4.32. The Morgan fingerprint density at radius 1 is 1.24 bits per heavy atom. The first-order chi connectivity index (χ1) is 9.85. The quantitative estimate of drug-likeness (QED) is 0.784. The van der Waals surface area contributed by atoms with Crippen molar-refractivity contribution in [2.75, 3.05) is 6.54 Å². The van der Waals surface area contributed by atoms with Crippen LogP contribution in [0.15, 0.2) is 22.7 Å². The highest BCUT2D eigenvalue weighted by atomic mass is 79.9. The average Bonchev–Trinajstić information content (AvgIpc) is 2.82. The van der Waals surface area contributed by atoms with Gasteiger partial charge in [-0.2, -0.15) is 0 Å². The van der Waals surface area contributed by atoms with E-state index in [4.69, 9.17) is 0 Å². The van der Waals surface area contributed by atoms with Gasteiger partial charge in [-0.3, -0.25) is 0 Å². The second-order valence-electron chi connectivity index (χ2n) is 6.26. The number of aromatic nitrogens is 2. The maximum absolute atomic E-state index is 4.32. The van der Waals surface area contributed by atoms with Gasteiger partial charge in [-0.05, 0) is 52.3 Å². The number of hydrogen-bond acceptors (Lipinski definition) is 4. The third kappa shape index (κ3) is 5.16. The summed E-state index contributed by atoms with van der Waals surface area (Å²) in [6.45, 7) is 9.65. The van der Waals surface area contributed by atoms with Crippen molar-refractivity contribution in [3.63, 3.8) is 0 Å². The minimum atomic E-state index is 0.180. The standard InChI is InChI=1S/C16H22BrN3S/c1-11-7-8-12(13(17)10-11)15-20-19-14(21-15)6-5-9-18-16(2,3)4/h7-8,10,18H,5-6,9H2,1-4H3. The smallest absolute Gasteiger partial charge is 0.148 e. The molecule has 0 unspecified atom stereocenters. The minimum absolute atomic E-state index is 0.180. The van der Waals surface area contributed by atoms with Crippen LogP contribution in [0.3, 0.4) is 0 Å². The van der Waals surface area contributed by atoms with Gasteiger partial charge in [-0.15, -0.1) is 10.2 Å². The van der Waals surface area contributed by atoms with Crippen LogP contribution in [-0.4, -0.2) is 22.3 Å². The lowest BCUT2D eigenvalue weighted by atomic mass is 10.1. The molecule has 0 spiro atoms. The van der Waals surface area contributed by atoms with Gasteiger partial charge in [-0.25, -0.2) is 0 Å². The summed E-state index contributed by atoms with van der Waals surface area (Å²) in [7, 11) is 0. The van der Waals surface area contributed by atoms with Gasteiger partial charge in [0.1, 0.15) is 10.0 Å². The number of hydrogen-bond donors (Lipinski definition) is 1. The van der Waals surface area contributed by atoms with Crippen LogP contribution in [-0.2, 0) is 6.42 Å². The van der Waals surface area contributed by atoms with Crippen molar-refractivity contribution in [1.29, 1.82) is 0 Å². The fraction of sp³-hybridized carbons (Fsp3) is 0.500. The van der Waals surface area contributed by atoms with E-state index >= 15 is 0 Å². The molecule has 0 aliphatic heterocycles. The summed E-state index contributed by atoms with van der Waals surface area (Å²) in [5.41, 5.74) is 2.54. The molecule has 1 N–H and O–H groups in total. The zero-order valence-electron chi connectivity index (χ0n) is 13.0. The molecule has 0 aliphatic rings. The summed E-state index contributed by atoms with van der Waals surface area (Å²) in [4.78, 5) is 0. The topological polar surface area (TPSA) is 37.8 Å². The van der Waals surface area contributed by atoms with Crippen molar-refractivity contribution in [3.05, 3.63) is 33.2 Å². The van der Waals surface area contributed by atoms with Gasteiger partial charge in [0.05, 0.1) is 0 Å². The van der Waals surface area contributed by atoms with E-state index in [0.29, 0.717) is 0 Å². The molecule has 1 aromatic heterocycles. The monoisotopic (exact) mass is 367 g/mol.